The second-order valence-electron chi connectivity index (χ2n) is 4.09. The third-order valence-electron chi connectivity index (χ3n) is 2.68. The van der Waals surface area contributed by atoms with Crippen molar-refractivity contribution in [3.63, 3.8) is 0 Å². The van der Waals surface area contributed by atoms with Gasteiger partial charge >= 0.3 is 5.97 Å². The van der Waals surface area contributed by atoms with Gasteiger partial charge in [0.05, 0.1) is 4.92 Å². The Balaban J connectivity index is 2.36. The highest BCUT2D eigenvalue weighted by Crippen LogP contribution is 2.28. The predicted octanol–water partition coefficient (Wildman–Crippen LogP) is 2.79. The van der Waals surface area contributed by atoms with Crippen molar-refractivity contribution in [2.75, 3.05) is 0 Å². The lowest BCUT2D eigenvalue weighted by Gasteiger charge is -2.00. The van der Waals surface area contributed by atoms with Gasteiger partial charge in [0.25, 0.3) is 5.69 Å². The van der Waals surface area contributed by atoms with Crippen LogP contribution in [0.5, 0.6) is 0 Å². The van der Waals surface area contributed by atoms with Crippen molar-refractivity contribution in [1.82, 2.24) is 0 Å². The Morgan fingerprint density at radius 3 is 2.74 bits per heavy atom. The van der Waals surface area contributed by atoms with Crippen molar-refractivity contribution in [2.24, 2.45) is 0 Å². The highest BCUT2D eigenvalue weighted by molar-refractivity contribution is 5.70. The summed E-state index contributed by atoms with van der Waals surface area (Å²) in [5.74, 6) is -0.263. The van der Waals surface area contributed by atoms with E-state index in [9.17, 15) is 14.9 Å². The standard InChI is InChI=1S/C13H11NO5/c1-8-2-3-9(6-11(8)14(17)18)12-5-4-10(19-12)7-13(15)16/h2-6H,7H2,1H3,(H,15,16). The molecule has 0 unspecified atom stereocenters. The van der Waals surface area contributed by atoms with Crippen LogP contribution in [0.2, 0.25) is 0 Å². The lowest BCUT2D eigenvalue weighted by Crippen LogP contribution is -1.97. The Morgan fingerprint density at radius 2 is 2.11 bits per heavy atom. The monoisotopic (exact) mass is 261 g/mol. The average molecular weight is 261 g/mol. The second kappa shape index (κ2) is 4.93. The summed E-state index contributed by atoms with van der Waals surface area (Å²) in [5.41, 5.74) is 1.12. The fourth-order valence-electron chi connectivity index (χ4n) is 1.74. The van der Waals surface area contributed by atoms with Gasteiger partial charge in [-0.25, -0.2) is 0 Å². The predicted molar refractivity (Wildman–Crippen MR) is 66.9 cm³/mol. The summed E-state index contributed by atoms with van der Waals surface area (Å²) in [4.78, 5) is 20.9. The number of furan rings is 1. The number of carbonyl (C=O) groups is 1. The molecule has 0 fully saturated rings. The summed E-state index contributed by atoms with van der Waals surface area (Å²) in [6.45, 7) is 1.65. The molecule has 0 spiro atoms. The number of benzene rings is 1. The number of nitro groups is 1. The second-order valence-corrected chi connectivity index (χ2v) is 4.09. The Kier molecular flexibility index (Phi) is 3.33. The molecule has 2 rings (SSSR count). The SMILES string of the molecule is Cc1ccc(-c2ccc(CC(=O)O)o2)cc1[N+](=O)[O-]. The van der Waals surface area contributed by atoms with E-state index in [1.165, 1.54) is 6.07 Å². The number of hydrogen-bond donors (Lipinski definition) is 1. The Bertz CT molecular complexity index is 644. The summed E-state index contributed by atoms with van der Waals surface area (Å²) in [5, 5.41) is 19.5. The topological polar surface area (TPSA) is 93.6 Å². The van der Waals surface area contributed by atoms with E-state index in [1.54, 1.807) is 31.2 Å². The zero-order chi connectivity index (χ0) is 14.0. The number of aliphatic carboxylic acids is 1. The van der Waals surface area contributed by atoms with E-state index in [0.29, 0.717) is 22.6 Å². The van der Waals surface area contributed by atoms with E-state index >= 15 is 0 Å². The van der Waals surface area contributed by atoms with Gasteiger partial charge in [0.15, 0.2) is 0 Å². The molecule has 1 aromatic heterocycles. The Hall–Kier alpha value is -2.63. The molecule has 0 saturated carbocycles. The van der Waals surface area contributed by atoms with Gasteiger partial charge in [-0.3, -0.25) is 14.9 Å². The van der Waals surface area contributed by atoms with Crippen LogP contribution in [0.15, 0.2) is 34.7 Å². The molecule has 6 nitrogen and oxygen atoms in total. The maximum absolute atomic E-state index is 10.9. The fourth-order valence-corrected chi connectivity index (χ4v) is 1.74. The smallest absolute Gasteiger partial charge is 0.311 e. The molecule has 1 N–H and O–H groups in total. The van der Waals surface area contributed by atoms with Crippen molar-refractivity contribution in [1.29, 1.82) is 0 Å². The van der Waals surface area contributed by atoms with Crippen molar-refractivity contribution < 1.29 is 19.2 Å². The fraction of sp³-hybridized carbons (Fsp3) is 0.154. The molecular formula is C13H11NO5. The summed E-state index contributed by atoms with van der Waals surface area (Å²) < 4.78 is 5.35. The molecule has 1 aromatic carbocycles. The van der Waals surface area contributed by atoms with Crippen LogP contribution in [0.1, 0.15) is 11.3 Å². The van der Waals surface area contributed by atoms with Crippen LogP contribution in [0.25, 0.3) is 11.3 Å². The molecule has 0 saturated heterocycles. The van der Waals surface area contributed by atoms with Gasteiger partial charge in [-0.1, -0.05) is 12.1 Å². The van der Waals surface area contributed by atoms with E-state index in [1.807, 2.05) is 0 Å². The summed E-state index contributed by atoms with van der Waals surface area (Å²) in [6, 6.07) is 7.90. The highest BCUT2D eigenvalue weighted by Gasteiger charge is 2.14. The number of carboxylic acids is 1. The Morgan fingerprint density at radius 1 is 1.37 bits per heavy atom. The van der Waals surface area contributed by atoms with Crippen LogP contribution in [0.3, 0.4) is 0 Å². The van der Waals surface area contributed by atoms with E-state index in [2.05, 4.69) is 0 Å². The van der Waals surface area contributed by atoms with Gasteiger partial charge in [-0.05, 0) is 19.1 Å². The first-order valence-corrected chi connectivity index (χ1v) is 5.53. The molecule has 0 amide bonds. The molecule has 0 radical (unpaired) electrons. The van der Waals surface area contributed by atoms with Crippen LogP contribution in [0.4, 0.5) is 5.69 Å². The number of rotatable bonds is 4. The van der Waals surface area contributed by atoms with E-state index < -0.39 is 10.9 Å². The van der Waals surface area contributed by atoms with Crippen molar-refractivity contribution in [3.8, 4) is 11.3 Å². The van der Waals surface area contributed by atoms with E-state index in [4.69, 9.17) is 9.52 Å². The summed E-state index contributed by atoms with van der Waals surface area (Å²) >= 11 is 0. The van der Waals surface area contributed by atoms with E-state index in [-0.39, 0.29) is 12.1 Å². The van der Waals surface area contributed by atoms with E-state index in [0.717, 1.165) is 0 Å². The maximum atomic E-state index is 10.9. The van der Waals surface area contributed by atoms with Gasteiger partial charge in [0.1, 0.15) is 17.9 Å². The average Bonchev–Trinajstić information content (AvgIpc) is 2.76. The zero-order valence-corrected chi connectivity index (χ0v) is 10.1. The summed E-state index contributed by atoms with van der Waals surface area (Å²) in [6.07, 6.45) is -0.214. The molecule has 1 heterocycles. The first kappa shape index (κ1) is 12.8. The number of carboxylic acid groups (broad SMARTS) is 1. The molecule has 0 aliphatic carbocycles. The number of aryl methyl sites for hydroxylation is 1. The molecule has 98 valence electrons. The lowest BCUT2D eigenvalue weighted by atomic mass is 10.1. The molecule has 0 aliphatic rings. The minimum Gasteiger partial charge on any atom is -0.481 e. The first-order chi connectivity index (χ1) is 8.97. The van der Waals surface area contributed by atoms with Crippen molar-refractivity contribution >= 4 is 11.7 Å². The van der Waals surface area contributed by atoms with Gasteiger partial charge in [0, 0.05) is 17.2 Å². The van der Waals surface area contributed by atoms with Crippen LogP contribution >= 0.6 is 0 Å². The van der Waals surface area contributed by atoms with Gasteiger partial charge in [-0.2, -0.15) is 0 Å². The normalized spacial score (nSPS) is 10.4. The highest BCUT2D eigenvalue weighted by atomic mass is 16.6. The van der Waals surface area contributed by atoms with Crippen molar-refractivity contribution in [2.45, 2.75) is 13.3 Å². The third kappa shape index (κ3) is 2.79. The van der Waals surface area contributed by atoms with Gasteiger partial charge in [0.2, 0.25) is 0 Å². The zero-order valence-electron chi connectivity index (χ0n) is 10.1. The molecule has 6 heteroatoms. The quantitative estimate of drug-likeness (QED) is 0.674. The van der Waals surface area contributed by atoms with Crippen LogP contribution in [-0.2, 0) is 11.2 Å². The number of nitro benzene ring substituents is 1. The minimum atomic E-state index is -0.990. The van der Waals surface area contributed by atoms with Gasteiger partial charge < -0.3 is 9.52 Å². The van der Waals surface area contributed by atoms with Gasteiger partial charge in [-0.15, -0.1) is 0 Å². The lowest BCUT2D eigenvalue weighted by molar-refractivity contribution is -0.385. The van der Waals surface area contributed by atoms with Crippen molar-refractivity contribution in [3.05, 3.63) is 51.8 Å². The molecule has 0 atom stereocenters. The molecule has 2 aromatic rings. The summed E-state index contributed by atoms with van der Waals surface area (Å²) in [7, 11) is 0. The third-order valence-corrected chi connectivity index (χ3v) is 2.68. The number of hydrogen-bond acceptors (Lipinski definition) is 4. The Labute approximate surface area is 108 Å². The molecule has 0 aliphatic heterocycles. The van der Waals surface area contributed by atoms with Crippen LogP contribution in [-0.4, -0.2) is 16.0 Å². The molecular weight excluding hydrogens is 250 g/mol. The number of nitrogens with zero attached hydrogens (tertiary/aromatic N) is 1. The van der Waals surface area contributed by atoms with Crippen LogP contribution < -0.4 is 0 Å². The molecule has 19 heavy (non-hydrogen) atoms. The first-order valence-electron chi connectivity index (χ1n) is 5.53. The maximum Gasteiger partial charge on any atom is 0.311 e. The largest absolute Gasteiger partial charge is 0.481 e. The van der Waals surface area contributed by atoms with Crippen LogP contribution in [0, 0.1) is 17.0 Å². The molecule has 0 bridgehead atoms. The minimum absolute atomic E-state index is 0.00804.